The van der Waals surface area contributed by atoms with E-state index in [1.807, 2.05) is 0 Å². The van der Waals surface area contributed by atoms with Crippen molar-refractivity contribution in [1.82, 2.24) is 42.6 Å². The Balaban J connectivity index is 1.61. The summed E-state index contributed by atoms with van der Waals surface area (Å²) in [6.45, 7) is 9.91. The zero-order valence-electron chi connectivity index (χ0n) is 15.3. The Labute approximate surface area is 147 Å². The van der Waals surface area contributed by atoms with Gasteiger partial charge in [0.2, 0.25) is 0 Å². The Kier molecular flexibility index (Phi) is 3.89. The van der Waals surface area contributed by atoms with Crippen LogP contribution in [0.1, 0.15) is 0 Å². The van der Waals surface area contributed by atoms with E-state index in [0.29, 0.717) is 0 Å². The number of hydrogen-bond donors (Lipinski definition) is 3. The summed E-state index contributed by atoms with van der Waals surface area (Å²) in [6, 6.07) is 0. The van der Waals surface area contributed by atoms with Crippen molar-refractivity contribution in [3.8, 4) is 0 Å². The number of nitrogens with one attached hydrogen (secondary N) is 3. The van der Waals surface area contributed by atoms with Crippen molar-refractivity contribution in [3.63, 3.8) is 0 Å². The first-order valence-electron chi connectivity index (χ1n) is 9.16. The van der Waals surface area contributed by atoms with Crippen molar-refractivity contribution in [2.24, 2.45) is 0 Å². The molecule has 0 aromatic carbocycles. The molecule has 0 atom stereocenters. The molecule has 0 aromatic rings. The van der Waals surface area contributed by atoms with Crippen LogP contribution in [-0.2, 0) is 0 Å². The van der Waals surface area contributed by atoms with Crippen LogP contribution in [0.3, 0.4) is 0 Å². The van der Waals surface area contributed by atoms with E-state index in [1.54, 1.807) is 0 Å². The molecule has 5 aliphatic heterocycles. The van der Waals surface area contributed by atoms with E-state index in [2.05, 4.69) is 70.8 Å². The number of nitrogens with zero attached hydrogens (tertiary/aromatic N) is 6. The number of rotatable bonds is 6. The molecule has 0 unspecified atom stereocenters. The van der Waals surface area contributed by atoms with Gasteiger partial charge in [0.05, 0.1) is 0 Å². The van der Waals surface area contributed by atoms with Crippen LogP contribution in [0.15, 0.2) is 0 Å². The van der Waals surface area contributed by atoms with Gasteiger partial charge in [-0.3, -0.25) is 0 Å². The molecule has 5 saturated heterocycles. The summed E-state index contributed by atoms with van der Waals surface area (Å²) in [5.74, 6) is 0. The fraction of sp³-hybridized carbons (Fsp3) is 1.00. The zero-order chi connectivity index (χ0) is 16.7. The van der Waals surface area contributed by atoms with Gasteiger partial charge >= 0.3 is 147 Å². The Morgan fingerprint density at radius 1 is 0.542 bits per heavy atom. The summed E-state index contributed by atoms with van der Waals surface area (Å²) in [7, 11) is 2.97. The monoisotopic (exact) mass is 397 g/mol. The van der Waals surface area contributed by atoms with Crippen molar-refractivity contribution in [2.75, 3.05) is 80.5 Å². The van der Waals surface area contributed by atoms with Crippen LogP contribution >= 0.6 is 23.6 Å². The zero-order valence-corrected chi connectivity index (χ0v) is 18.3. The third kappa shape index (κ3) is 2.46. The summed E-state index contributed by atoms with van der Waals surface area (Å²) in [6.07, 6.45) is 0. The van der Waals surface area contributed by atoms with Gasteiger partial charge in [-0.2, -0.15) is 0 Å². The van der Waals surface area contributed by atoms with E-state index in [9.17, 15) is 0 Å². The first kappa shape index (κ1) is 17.1. The molecule has 0 aliphatic carbocycles. The van der Waals surface area contributed by atoms with Crippen molar-refractivity contribution in [1.29, 1.82) is 0 Å². The van der Waals surface area contributed by atoms with Gasteiger partial charge in [-0.15, -0.1) is 0 Å². The normalized spacial score (nSPS) is 38.8. The summed E-state index contributed by atoms with van der Waals surface area (Å²) >= 11 is 0. The van der Waals surface area contributed by atoms with E-state index in [4.69, 9.17) is 0 Å². The summed E-state index contributed by atoms with van der Waals surface area (Å²) in [5.41, 5.74) is 0. The molecule has 5 rings (SSSR count). The van der Waals surface area contributed by atoms with Crippen molar-refractivity contribution >= 4 is 23.6 Å². The Morgan fingerprint density at radius 2 is 0.875 bits per heavy atom. The number of hydrogen-bond acceptors (Lipinski definition) is 9. The van der Waals surface area contributed by atoms with Crippen LogP contribution in [-0.4, -0.2) is 109 Å². The molecular formula is C12H34N9P3. The SMILES string of the molecule is CN(C)[PH]1(N2CC2)N[PH](N(C)C)(N2CC2)N[PH](N2CC2)(N2CC2)N1. The van der Waals surface area contributed by atoms with Crippen molar-refractivity contribution in [3.05, 3.63) is 0 Å². The molecule has 12 heteroatoms. The van der Waals surface area contributed by atoms with Crippen LogP contribution < -0.4 is 14.6 Å². The summed E-state index contributed by atoms with van der Waals surface area (Å²) < 4.78 is 15.8. The van der Waals surface area contributed by atoms with Gasteiger partial charge < -0.3 is 0 Å². The maximum atomic E-state index is 4.30. The molecule has 0 amide bonds. The van der Waals surface area contributed by atoms with Crippen molar-refractivity contribution < 1.29 is 0 Å². The predicted octanol–water partition coefficient (Wildman–Crippen LogP) is -0.616. The molecule has 0 radical (unpaired) electrons. The van der Waals surface area contributed by atoms with Gasteiger partial charge in [-0.1, -0.05) is 0 Å². The first-order valence-corrected chi connectivity index (χ1v) is 14.8. The minimum absolute atomic E-state index is 1.23. The molecule has 5 aliphatic rings. The van der Waals surface area contributed by atoms with Crippen LogP contribution in [0.25, 0.3) is 0 Å². The van der Waals surface area contributed by atoms with Gasteiger partial charge in [0.1, 0.15) is 0 Å². The molecule has 0 bridgehead atoms. The van der Waals surface area contributed by atoms with Crippen LogP contribution in [0.2, 0.25) is 0 Å². The predicted molar refractivity (Wildman–Crippen MR) is 108 cm³/mol. The fourth-order valence-corrected chi connectivity index (χ4v) is 25.6. The summed E-state index contributed by atoms with van der Waals surface area (Å²) in [4.78, 5) is 12.9. The fourth-order valence-electron chi connectivity index (χ4n) is 4.16. The molecule has 9 nitrogen and oxygen atoms in total. The van der Waals surface area contributed by atoms with Crippen molar-refractivity contribution in [2.45, 2.75) is 0 Å². The van der Waals surface area contributed by atoms with E-state index < -0.39 is 23.6 Å². The average molecular weight is 397 g/mol. The molecule has 3 N–H and O–H groups in total. The molecule has 142 valence electrons. The van der Waals surface area contributed by atoms with Gasteiger partial charge in [0, 0.05) is 0 Å². The quantitative estimate of drug-likeness (QED) is 0.402. The average Bonchev–Trinajstić information content (AvgIpc) is 3.41. The van der Waals surface area contributed by atoms with Crippen LogP contribution in [0.5, 0.6) is 0 Å². The van der Waals surface area contributed by atoms with E-state index in [1.165, 1.54) is 52.4 Å². The maximum absolute atomic E-state index is 4.30. The minimum atomic E-state index is -2.07. The summed E-state index contributed by atoms with van der Waals surface area (Å²) in [5, 5.41) is 0. The molecule has 5 fully saturated rings. The third-order valence-electron chi connectivity index (χ3n) is 5.96. The topological polar surface area (TPSA) is 54.6 Å². The van der Waals surface area contributed by atoms with E-state index in [0.717, 1.165) is 0 Å². The molecule has 0 spiro atoms. The van der Waals surface area contributed by atoms with Crippen LogP contribution in [0.4, 0.5) is 0 Å². The second-order valence-corrected chi connectivity index (χ2v) is 19.5. The molecule has 24 heavy (non-hydrogen) atoms. The van der Waals surface area contributed by atoms with Gasteiger partial charge in [0.25, 0.3) is 0 Å². The molecular weight excluding hydrogens is 363 g/mol. The Morgan fingerprint density at radius 3 is 1.12 bits per heavy atom. The Bertz CT molecular complexity index is 433. The van der Waals surface area contributed by atoms with Gasteiger partial charge in [0.15, 0.2) is 0 Å². The Hall–Kier alpha value is 0.930. The molecule has 0 saturated carbocycles. The third-order valence-corrected chi connectivity index (χ3v) is 22.4. The van der Waals surface area contributed by atoms with Crippen LogP contribution in [0, 0.1) is 0 Å². The molecule has 5 heterocycles. The second-order valence-electron chi connectivity index (χ2n) is 8.13. The van der Waals surface area contributed by atoms with E-state index >= 15 is 0 Å². The van der Waals surface area contributed by atoms with Gasteiger partial charge in [-0.25, -0.2) is 0 Å². The second kappa shape index (κ2) is 5.48. The molecule has 0 aromatic heterocycles. The van der Waals surface area contributed by atoms with E-state index in [-0.39, 0.29) is 0 Å². The first-order chi connectivity index (χ1) is 11.4. The standard InChI is InChI=1S/C12H34N9P3/c1-16(2)22(18-5-6-18)13-23(17(3)4,19-7-8-19)15-24(14-22,20-9-10-20)21-11-12-21/h13-15,22-24H,5-12H2,1-4H3. The van der Waals surface area contributed by atoms with Gasteiger partial charge in [-0.05, 0) is 0 Å².